The molecule has 1 aromatic heterocycles. The average molecular weight is 257 g/mol. The number of rotatable bonds is 3. The Morgan fingerprint density at radius 1 is 1.16 bits per heavy atom. The second kappa shape index (κ2) is 4.46. The number of hydrogen-bond donors (Lipinski definition) is 1. The molecule has 1 saturated carbocycles. The molecule has 19 heavy (non-hydrogen) atoms. The third kappa shape index (κ3) is 2.34. The van der Waals surface area contributed by atoms with Gasteiger partial charge in [-0.3, -0.25) is 0 Å². The van der Waals surface area contributed by atoms with Gasteiger partial charge in [-0.05, 0) is 54.7 Å². The fourth-order valence-corrected chi connectivity index (χ4v) is 2.15. The average Bonchev–Trinajstić information content (AvgIpc) is 3.23. The summed E-state index contributed by atoms with van der Waals surface area (Å²) in [5, 5.41) is 9.02. The van der Waals surface area contributed by atoms with Crippen LogP contribution in [0.25, 0.3) is 11.3 Å². The van der Waals surface area contributed by atoms with Gasteiger partial charge in [-0.2, -0.15) is 0 Å². The minimum absolute atomic E-state index is 0.0173. The zero-order valence-electron chi connectivity index (χ0n) is 10.1. The molecule has 1 aliphatic rings. The first-order valence-electron chi connectivity index (χ1n) is 6.15. The van der Waals surface area contributed by atoms with Crippen molar-refractivity contribution in [2.45, 2.75) is 18.8 Å². The molecule has 0 radical (unpaired) electrons. The molecule has 0 bridgehead atoms. The summed E-state index contributed by atoms with van der Waals surface area (Å²) in [6.07, 6.45) is 2.20. The quantitative estimate of drug-likeness (QED) is 0.916. The van der Waals surface area contributed by atoms with Gasteiger partial charge in [0.1, 0.15) is 11.5 Å². The Hall–Kier alpha value is -2.23. The molecule has 0 saturated heterocycles. The first-order chi connectivity index (χ1) is 9.15. The van der Waals surface area contributed by atoms with Crippen molar-refractivity contribution in [1.29, 1.82) is 0 Å². The minimum Gasteiger partial charge on any atom is -0.477 e. The Bertz CT molecular complexity index is 633. The zero-order chi connectivity index (χ0) is 13.4. The second-order valence-electron chi connectivity index (χ2n) is 4.72. The lowest BCUT2D eigenvalue weighted by molar-refractivity contribution is 0.0690. The Morgan fingerprint density at radius 3 is 2.42 bits per heavy atom. The SMILES string of the molecule is O=C(O)c1ccc(C2CC2)c(-c2ccc(F)cc2)n1. The number of benzene rings is 1. The monoisotopic (exact) mass is 257 g/mol. The molecule has 2 aromatic rings. The van der Waals surface area contributed by atoms with E-state index in [-0.39, 0.29) is 11.5 Å². The molecule has 0 unspecified atom stereocenters. The molecule has 0 spiro atoms. The fourth-order valence-electron chi connectivity index (χ4n) is 2.15. The summed E-state index contributed by atoms with van der Waals surface area (Å²) in [7, 11) is 0. The van der Waals surface area contributed by atoms with Gasteiger partial charge in [0.2, 0.25) is 0 Å². The third-order valence-corrected chi connectivity index (χ3v) is 3.28. The van der Waals surface area contributed by atoms with E-state index in [0.717, 1.165) is 24.0 Å². The van der Waals surface area contributed by atoms with E-state index in [0.29, 0.717) is 11.6 Å². The predicted octanol–water partition coefficient (Wildman–Crippen LogP) is 3.46. The van der Waals surface area contributed by atoms with Crippen LogP contribution in [-0.4, -0.2) is 16.1 Å². The molecule has 1 aromatic carbocycles. The van der Waals surface area contributed by atoms with Crippen LogP contribution in [0.1, 0.15) is 34.8 Å². The molecular formula is C15H12FNO2. The standard InChI is InChI=1S/C15H12FNO2/c16-11-5-3-10(4-6-11)14-12(9-1-2-9)7-8-13(17-14)15(18)19/h3-9H,1-2H2,(H,18,19). The molecule has 1 heterocycles. The van der Waals surface area contributed by atoms with Gasteiger partial charge in [-0.15, -0.1) is 0 Å². The number of halogens is 1. The molecular weight excluding hydrogens is 245 g/mol. The van der Waals surface area contributed by atoms with E-state index in [1.54, 1.807) is 12.1 Å². The van der Waals surface area contributed by atoms with Crippen molar-refractivity contribution < 1.29 is 14.3 Å². The van der Waals surface area contributed by atoms with E-state index in [4.69, 9.17) is 5.11 Å². The van der Waals surface area contributed by atoms with Crippen LogP contribution < -0.4 is 0 Å². The van der Waals surface area contributed by atoms with E-state index < -0.39 is 5.97 Å². The van der Waals surface area contributed by atoms with Crippen LogP contribution in [0.5, 0.6) is 0 Å². The molecule has 1 N–H and O–H groups in total. The van der Waals surface area contributed by atoms with Gasteiger partial charge < -0.3 is 5.11 Å². The number of carboxylic acid groups (broad SMARTS) is 1. The first-order valence-corrected chi connectivity index (χ1v) is 6.15. The Balaban J connectivity index is 2.12. The Labute approximate surface area is 109 Å². The summed E-state index contributed by atoms with van der Waals surface area (Å²) in [6.45, 7) is 0. The van der Waals surface area contributed by atoms with E-state index >= 15 is 0 Å². The summed E-state index contributed by atoms with van der Waals surface area (Å²) in [5.74, 6) is -0.910. The Morgan fingerprint density at radius 2 is 1.84 bits per heavy atom. The molecule has 96 valence electrons. The maximum Gasteiger partial charge on any atom is 0.354 e. The van der Waals surface area contributed by atoms with Crippen LogP contribution in [0.15, 0.2) is 36.4 Å². The topological polar surface area (TPSA) is 50.2 Å². The molecule has 1 fully saturated rings. The van der Waals surface area contributed by atoms with E-state index in [1.165, 1.54) is 18.2 Å². The van der Waals surface area contributed by atoms with Crippen molar-refractivity contribution in [3.63, 3.8) is 0 Å². The number of carbonyl (C=O) groups is 1. The van der Waals surface area contributed by atoms with Crippen LogP contribution >= 0.6 is 0 Å². The molecule has 3 nitrogen and oxygen atoms in total. The predicted molar refractivity (Wildman–Crippen MR) is 68.6 cm³/mol. The van der Waals surface area contributed by atoms with Crippen LogP contribution in [0.2, 0.25) is 0 Å². The molecule has 0 amide bonds. The van der Waals surface area contributed by atoms with E-state index in [1.807, 2.05) is 6.07 Å². The lowest BCUT2D eigenvalue weighted by Crippen LogP contribution is -2.03. The van der Waals surface area contributed by atoms with Gasteiger partial charge in [-0.1, -0.05) is 6.07 Å². The highest BCUT2D eigenvalue weighted by Gasteiger charge is 2.27. The normalized spacial score (nSPS) is 14.4. The molecule has 1 aliphatic carbocycles. The van der Waals surface area contributed by atoms with Gasteiger partial charge in [0.15, 0.2) is 0 Å². The van der Waals surface area contributed by atoms with E-state index in [2.05, 4.69) is 4.98 Å². The van der Waals surface area contributed by atoms with E-state index in [9.17, 15) is 9.18 Å². The van der Waals surface area contributed by atoms with Crippen molar-refractivity contribution in [2.75, 3.05) is 0 Å². The van der Waals surface area contributed by atoms with Gasteiger partial charge in [0, 0.05) is 5.56 Å². The maximum absolute atomic E-state index is 13.0. The molecule has 4 heteroatoms. The van der Waals surface area contributed by atoms with Crippen molar-refractivity contribution in [1.82, 2.24) is 4.98 Å². The van der Waals surface area contributed by atoms with Crippen molar-refractivity contribution >= 4 is 5.97 Å². The lowest BCUT2D eigenvalue weighted by Gasteiger charge is -2.09. The number of aromatic nitrogens is 1. The summed E-state index contributed by atoms with van der Waals surface area (Å²) in [4.78, 5) is 15.2. The second-order valence-corrected chi connectivity index (χ2v) is 4.72. The van der Waals surface area contributed by atoms with Crippen LogP contribution in [0, 0.1) is 5.82 Å². The number of pyridine rings is 1. The number of aromatic carboxylic acids is 1. The number of carboxylic acids is 1. The van der Waals surface area contributed by atoms with Crippen molar-refractivity contribution in [3.8, 4) is 11.3 Å². The summed E-state index contributed by atoms with van der Waals surface area (Å²) in [5.41, 5.74) is 2.48. The molecule has 3 rings (SSSR count). The molecule has 0 atom stereocenters. The summed E-state index contributed by atoms with van der Waals surface area (Å²) in [6, 6.07) is 9.35. The summed E-state index contributed by atoms with van der Waals surface area (Å²) < 4.78 is 13.0. The number of nitrogens with zero attached hydrogens (tertiary/aromatic N) is 1. The van der Waals surface area contributed by atoms with Crippen LogP contribution in [0.4, 0.5) is 4.39 Å². The highest BCUT2D eigenvalue weighted by atomic mass is 19.1. The van der Waals surface area contributed by atoms with Crippen molar-refractivity contribution in [2.24, 2.45) is 0 Å². The largest absolute Gasteiger partial charge is 0.477 e. The van der Waals surface area contributed by atoms with Gasteiger partial charge in [0.05, 0.1) is 5.69 Å². The van der Waals surface area contributed by atoms with Crippen molar-refractivity contribution in [3.05, 3.63) is 53.5 Å². The van der Waals surface area contributed by atoms with Gasteiger partial charge in [0.25, 0.3) is 0 Å². The highest BCUT2D eigenvalue weighted by Crippen LogP contribution is 2.43. The number of hydrogen-bond acceptors (Lipinski definition) is 2. The highest BCUT2D eigenvalue weighted by molar-refractivity contribution is 5.86. The van der Waals surface area contributed by atoms with Gasteiger partial charge in [-0.25, -0.2) is 14.2 Å². The Kier molecular flexibility index (Phi) is 2.78. The van der Waals surface area contributed by atoms with Gasteiger partial charge >= 0.3 is 5.97 Å². The fraction of sp³-hybridized carbons (Fsp3) is 0.200. The third-order valence-electron chi connectivity index (χ3n) is 3.28. The van der Waals surface area contributed by atoms with Crippen LogP contribution in [0.3, 0.4) is 0 Å². The summed E-state index contributed by atoms with van der Waals surface area (Å²) >= 11 is 0. The lowest BCUT2D eigenvalue weighted by atomic mass is 10.0. The molecule has 0 aliphatic heterocycles. The zero-order valence-corrected chi connectivity index (χ0v) is 10.1. The first kappa shape index (κ1) is 11.8. The minimum atomic E-state index is -1.05. The van der Waals surface area contributed by atoms with Crippen LogP contribution in [-0.2, 0) is 0 Å². The smallest absolute Gasteiger partial charge is 0.354 e. The maximum atomic E-state index is 13.0.